The Bertz CT molecular complexity index is 994. The summed E-state index contributed by atoms with van der Waals surface area (Å²) in [6, 6.07) is 0. The van der Waals surface area contributed by atoms with Crippen LogP contribution in [0.3, 0.4) is 0 Å². The van der Waals surface area contributed by atoms with Crippen LogP contribution in [0.5, 0.6) is 0 Å². The molecule has 0 radical (unpaired) electrons. The van der Waals surface area contributed by atoms with E-state index >= 15 is 0 Å². The molecule has 11 heteroatoms. The fourth-order valence-electron chi connectivity index (χ4n) is 4.22. The van der Waals surface area contributed by atoms with E-state index in [9.17, 15) is 29.7 Å². The van der Waals surface area contributed by atoms with Gasteiger partial charge in [0.1, 0.15) is 6.10 Å². The maximum atomic E-state index is 12.6. The number of esters is 3. The first-order valence-electron chi connectivity index (χ1n) is 13.7. The lowest BCUT2D eigenvalue weighted by atomic mass is 9.97. The van der Waals surface area contributed by atoms with Crippen molar-refractivity contribution in [2.75, 3.05) is 19.8 Å². The SMILES string of the molecule is CC=C(C)C(=O)OC1C(CO)OC(OC(=CC(C)CC(C)=CCO)CCC=C(C)CO)C(OC(C)=O)C1OC(C)=O. The molecular formula is C30H46O11. The van der Waals surface area contributed by atoms with Crippen LogP contribution in [-0.2, 0) is 38.1 Å². The smallest absolute Gasteiger partial charge is 0.333 e. The molecule has 11 nitrogen and oxygen atoms in total. The Morgan fingerprint density at radius 3 is 2.02 bits per heavy atom. The number of ether oxygens (including phenoxy) is 5. The Hall–Kier alpha value is -2.99. The number of aliphatic hydroxyl groups is 3. The van der Waals surface area contributed by atoms with Crippen LogP contribution >= 0.6 is 0 Å². The van der Waals surface area contributed by atoms with Gasteiger partial charge in [0.15, 0.2) is 12.2 Å². The first-order valence-corrected chi connectivity index (χ1v) is 13.7. The molecule has 1 heterocycles. The zero-order chi connectivity index (χ0) is 31.1. The molecule has 0 aliphatic carbocycles. The van der Waals surface area contributed by atoms with Crippen molar-refractivity contribution in [3.8, 4) is 0 Å². The number of hydrogen-bond donors (Lipinski definition) is 3. The molecule has 0 aromatic heterocycles. The molecule has 0 aromatic rings. The van der Waals surface area contributed by atoms with Gasteiger partial charge in [0.2, 0.25) is 12.4 Å². The van der Waals surface area contributed by atoms with Gasteiger partial charge in [-0.1, -0.05) is 36.3 Å². The van der Waals surface area contributed by atoms with Gasteiger partial charge in [-0.15, -0.1) is 0 Å². The average Bonchev–Trinajstić information content (AvgIpc) is 2.90. The van der Waals surface area contributed by atoms with Crippen molar-refractivity contribution < 1.29 is 53.4 Å². The number of aliphatic hydroxyl groups excluding tert-OH is 3. The van der Waals surface area contributed by atoms with Crippen molar-refractivity contribution in [2.45, 2.75) is 98.4 Å². The molecule has 0 saturated carbocycles. The number of hydrogen-bond acceptors (Lipinski definition) is 11. The number of carbonyl (C=O) groups excluding carboxylic acids is 3. The van der Waals surface area contributed by atoms with Gasteiger partial charge in [-0.05, 0) is 52.5 Å². The second kappa shape index (κ2) is 18.4. The van der Waals surface area contributed by atoms with E-state index in [-0.39, 0.29) is 24.7 Å². The van der Waals surface area contributed by atoms with Crippen molar-refractivity contribution in [3.05, 3.63) is 46.8 Å². The topological polar surface area (TPSA) is 158 Å². The quantitative estimate of drug-likeness (QED) is 0.0857. The fourth-order valence-corrected chi connectivity index (χ4v) is 4.22. The highest BCUT2D eigenvalue weighted by atomic mass is 16.7. The van der Waals surface area contributed by atoms with Crippen LogP contribution in [0, 0.1) is 5.92 Å². The standard InChI is InChI=1S/C30H46O11/c1-8-21(5)29(36)41-26-25(17-33)40-30(28(38-23(7)35)27(26)37-22(6)34)39-24(11-9-10-19(3)16-32)15-20(4)14-18(2)12-13-31/h8,10,12,15,20,25-28,30-33H,9,11,13-14,16-17H2,1-7H3. The molecule has 1 rings (SSSR count). The summed E-state index contributed by atoms with van der Waals surface area (Å²) in [5.41, 5.74) is 2.04. The molecule has 0 amide bonds. The van der Waals surface area contributed by atoms with E-state index in [1.54, 1.807) is 32.9 Å². The molecule has 0 spiro atoms. The molecule has 1 aliphatic rings. The Morgan fingerprint density at radius 1 is 0.854 bits per heavy atom. The summed E-state index contributed by atoms with van der Waals surface area (Å²) in [5, 5.41) is 28.7. The van der Waals surface area contributed by atoms with Gasteiger partial charge in [-0.3, -0.25) is 9.59 Å². The predicted molar refractivity (Wildman–Crippen MR) is 150 cm³/mol. The molecular weight excluding hydrogens is 536 g/mol. The summed E-state index contributed by atoms with van der Waals surface area (Å²) in [5.74, 6) is -1.72. The first kappa shape index (κ1) is 36.0. The van der Waals surface area contributed by atoms with E-state index in [0.717, 1.165) is 18.1 Å². The summed E-state index contributed by atoms with van der Waals surface area (Å²) in [7, 11) is 0. The molecule has 232 valence electrons. The van der Waals surface area contributed by atoms with E-state index in [0.29, 0.717) is 25.0 Å². The van der Waals surface area contributed by atoms with Crippen LogP contribution < -0.4 is 0 Å². The highest BCUT2D eigenvalue weighted by Gasteiger charge is 2.53. The predicted octanol–water partition coefficient (Wildman–Crippen LogP) is 3.03. The molecule has 41 heavy (non-hydrogen) atoms. The van der Waals surface area contributed by atoms with Crippen molar-refractivity contribution in [1.29, 1.82) is 0 Å². The van der Waals surface area contributed by atoms with E-state index in [4.69, 9.17) is 23.7 Å². The Kier molecular flexibility index (Phi) is 16.2. The molecule has 0 aromatic carbocycles. The first-order chi connectivity index (χ1) is 19.4. The minimum absolute atomic E-state index is 0.0260. The highest BCUT2D eigenvalue weighted by molar-refractivity contribution is 5.87. The van der Waals surface area contributed by atoms with E-state index in [1.165, 1.54) is 6.92 Å². The largest absolute Gasteiger partial charge is 0.465 e. The Balaban J connectivity index is 3.50. The summed E-state index contributed by atoms with van der Waals surface area (Å²) < 4.78 is 28.8. The lowest BCUT2D eigenvalue weighted by Gasteiger charge is -2.44. The maximum absolute atomic E-state index is 12.6. The minimum atomic E-state index is -1.34. The third-order valence-electron chi connectivity index (χ3n) is 6.33. The average molecular weight is 583 g/mol. The molecule has 1 fully saturated rings. The van der Waals surface area contributed by atoms with Crippen molar-refractivity contribution in [1.82, 2.24) is 0 Å². The zero-order valence-corrected chi connectivity index (χ0v) is 25.1. The van der Waals surface area contributed by atoms with Gasteiger partial charge in [-0.25, -0.2) is 4.79 Å². The van der Waals surface area contributed by atoms with Crippen LogP contribution in [0.2, 0.25) is 0 Å². The zero-order valence-electron chi connectivity index (χ0n) is 25.1. The second-order valence-corrected chi connectivity index (χ2v) is 10.1. The summed E-state index contributed by atoms with van der Waals surface area (Å²) in [4.78, 5) is 36.9. The number of carbonyl (C=O) groups is 3. The summed E-state index contributed by atoms with van der Waals surface area (Å²) in [6.07, 6.45) is 2.05. The van der Waals surface area contributed by atoms with E-state index < -0.39 is 55.2 Å². The van der Waals surface area contributed by atoms with Crippen LogP contribution in [-0.4, -0.2) is 83.8 Å². The monoisotopic (exact) mass is 582 g/mol. The van der Waals surface area contributed by atoms with Crippen molar-refractivity contribution in [2.24, 2.45) is 5.92 Å². The Labute approximate surface area is 242 Å². The van der Waals surface area contributed by atoms with Gasteiger partial charge in [0, 0.05) is 25.8 Å². The van der Waals surface area contributed by atoms with Crippen LogP contribution in [0.4, 0.5) is 0 Å². The Morgan fingerprint density at radius 2 is 1.49 bits per heavy atom. The number of allylic oxidation sites excluding steroid dienone is 5. The van der Waals surface area contributed by atoms with E-state index in [1.807, 2.05) is 26.0 Å². The van der Waals surface area contributed by atoms with E-state index in [2.05, 4.69) is 0 Å². The van der Waals surface area contributed by atoms with Crippen molar-refractivity contribution in [3.63, 3.8) is 0 Å². The molecule has 1 aliphatic heterocycles. The molecule has 6 atom stereocenters. The second-order valence-electron chi connectivity index (χ2n) is 10.1. The minimum Gasteiger partial charge on any atom is -0.465 e. The van der Waals surface area contributed by atoms with Gasteiger partial charge in [0.05, 0.1) is 25.6 Å². The van der Waals surface area contributed by atoms with Crippen molar-refractivity contribution >= 4 is 17.9 Å². The third-order valence-corrected chi connectivity index (χ3v) is 6.33. The lowest BCUT2D eigenvalue weighted by molar-refractivity contribution is -0.299. The maximum Gasteiger partial charge on any atom is 0.333 e. The molecule has 0 bridgehead atoms. The van der Waals surface area contributed by atoms with Crippen LogP contribution in [0.15, 0.2) is 46.8 Å². The third kappa shape index (κ3) is 12.6. The van der Waals surface area contributed by atoms with Gasteiger partial charge < -0.3 is 39.0 Å². The molecule has 6 unspecified atom stereocenters. The fraction of sp³-hybridized carbons (Fsp3) is 0.633. The summed E-state index contributed by atoms with van der Waals surface area (Å²) in [6.45, 7) is 10.4. The van der Waals surface area contributed by atoms with Gasteiger partial charge in [-0.2, -0.15) is 0 Å². The van der Waals surface area contributed by atoms with Crippen LogP contribution in [0.1, 0.15) is 67.7 Å². The summed E-state index contributed by atoms with van der Waals surface area (Å²) >= 11 is 0. The normalized spacial score (nSPS) is 24.9. The number of rotatable bonds is 15. The van der Waals surface area contributed by atoms with Crippen LogP contribution in [0.25, 0.3) is 0 Å². The van der Waals surface area contributed by atoms with Gasteiger partial charge in [0.25, 0.3) is 0 Å². The molecule has 1 saturated heterocycles. The van der Waals surface area contributed by atoms with Gasteiger partial charge >= 0.3 is 17.9 Å². The highest BCUT2D eigenvalue weighted by Crippen LogP contribution is 2.32. The molecule has 3 N–H and O–H groups in total. The lowest BCUT2D eigenvalue weighted by Crippen LogP contribution is -2.62.